The minimum atomic E-state index is -5.52. The number of hydrogen-bond acceptors (Lipinski definition) is 2. The first-order chi connectivity index (χ1) is 6.89. The van der Waals surface area contributed by atoms with Crippen LogP contribution in [0.3, 0.4) is 0 Å². The van der Waals surface area contributed by atoms with Gasteiger partial charge in [0.2, 0.25) is 0 Å². The molecular weight excluding hydrogens is 221 g/mol. The highest BCUT2D eigenvalue weighted by molar-refractivity contribution is 7.47. The third kappa shape index (κ3) is 5.65. The van der Waals surface area contributed by atoms with E-state index in [1.165, 1.54) is 18.2 Å². The molecule has 2 nitrogen and oxygen atoms in total. The molecule has 0 fully saturated rings. The summed E-state index contributed by atoms with van der Waals surface area (Å²) < 4.78 is 39.6. The van der Waals surface area contributed by atoms with Gasteiger partial charge in [0.25, 0.3) is 0 Å². The molecule has 0 amide bonds. The van der Waals surface area contributed by atoms with E-state index in [0.717, 1.165) is 0 Å². The molecule has 0 N–H and O–H groups in total. The maximum Gasteiger partial charge on any atom is 0.552 e. The third-order valence-electron chi connectivity index (χ3n) is 1.85. The monoisotopic (exact) mass is 236 g/mol. The lowest BCUT2D eigenvalue weighted by Gasteiger charge is -2.29. The van der Waals surface area contributed by atoms with Gasteiger partial charge >= 0.3 is 7.99 Å². The second-order valence-electron chi connectivity index (χ2n) is 3.17. The van der Waals surface area contributed by atoms with Crippen LogP contribution in [0.1, 0.15) is 19.3 Å². The maximum absolute atomic E-state index is 12.4. The van der Waals surface area contributed by atoms with Gasteiger partial charge in [0, 0.05) is 0 Å². The summed E-state index contributed by atoms with van der Waals surface area (Å²) in [7, 11) is -5.52. The van der Waals surface area contributed by atoms with Crippen molar-refractivity contribution in [1.29, 1.82) is 0 Å². The van der Waals surface area contributed by atoms with Gasteiger partial charge in [-0.25, -0.2) is 4.57 Å². The van der Waals surface area contributed by atoms with Crippen molar-refractivity contribution in [2.45, 2.75) is 24.9 Å². The van der Waals surface area contributed by atoms with Gasteiger partial charge in [-0.2, -0.15) is 0 Å². The van der Waals surface area contributed by atoms with E-state index in [9.17, 15) is 13.0 Å². The minimum Gasteiger partial charge on any atom is -0.273 e. The Labute approximate surface area is 89.0 Å². The van der Waals surface area contributed by atoms with E-state index in [1.807, 2.05) is 0 Å². The Hall–Kier alpha value is -0.730. The molecule has 0 aliphatic heterocycles. The Bertz CT molecular complexity index is 257. The molecule has 0 bridgehead atoms. The molecule has 15 heavy (non-hydrogen) atoms. The van der Waals surface area contributed by atoms with Crippen LogP contribution in [0.2, 0.25) is 0 Å². The first kappa shape index (κ1) is 14.3. The first-order valence-electron chi connectivity index (χ1n) is 4.42. The summed E-state index contributed by atoms with van der Waals surface area (Å²) in [5, 5.41) is 0. The van der Waals surface area contributed by atoms with Gasteiger partial charge in [-0.05, 0) is 19.3 Å². The fourth-order valence-corrected chi connectivity index (χ4v) is 2.05. The van der Waals surface area contributed by atoms with E-state index in [-0.39, 0.29) is 19.3 Å². The van der Waals surface area contributed by atoms with Crippen molar-refractivity contribution >= 4 is 7.99 Å². The van der Waals surface area contributed by atoms with E-state index < -0.39 is 13.6 Å². The van der Waals surface area contributed by atoms with Crippen molar-refractivity contribution in [3.05, 3.63) is 38.0 Å². The molecule has 5 heteroatoms. The van der Waals surface area contributed by atoms with Crippen molar-refractivity contribution in [3.8, 4) is 0 Å². The number of hydrogen-bond donors (Lipinski definition) is 0. The van der Waals surface area contributed by atoms with Gasteiger partial charge in [-0.3, -0.25) is 4.52 Å². The van der Waals surface area contributed by atoms with Crippen LogP contribution in [0, 0.1) is 0 Å². The molecule has 0 aliphatic carbocycles. The molecule has 0 aromatic carbocycles. The van der Waals surface area contributed by atoms with Gasteiger partial charge in [-0.1, -0.05) is 18.2 Å². The lowest BCUT2D eigenvalue weighted by Crippen LogP contribution is -2.28. The van der Waals surface area contributed by atoms with Crippen LogP contribution in [-0.4, -0.2) is 5.60 Å². The predicted octanol–water partition coefficient (Wildman–Crippen LogP) is 4.52. The zero-order valence-electron chi connectivity index (χ0n) is 8.49. The summed E-state index contributed by atoms with van der Waals surface area (Å²) in [6.07, 6.45) is 4.85. The molecule has 0 atom stereocenters. The van der Waals surface area contributed by atoms with Gasteiger partial charge in [0.05, 0.1) is 5.60 Å². The van der Waals surface area contributed by atoms with Crippen molar-refractivity contribution in [1.82, 2.24) is 0 Å². The average molecular weight is 236 g/mol. The van der Waals surface area contributed by atoms with Crippen molar-refractivity contribution in [3.63, 3.8) is 0 Å². The summed E-state index contributed by atoms with van der Waals surface area (Å²) in [5.41, 5.74) is -1.23. The number of halogens is 2. The van der Waals surface area contributed by atoms with Crippen LogP contribution in [-0.2, 0) is 9.09 Å². The fourth-order valence-electron chi connectivity index (χ4n) is 1.38. The molecule has 0 radical (unpaired) electrons. The quantitative estimate of drug-likeness (QED) is 0.457. The van der Waals surface area contributed by atoms with Crippen LogP contribution in [0.25, 0.3) is 0 Å². The summed E-state index contributed by atoms with van der Waals surface area (Å²) in [4.78, 5) is 0. The summed E-state index contributed by atoms with van der Waals surface area (Å²) in [6.45, 7) is 10.4. The van der Waals surface area contributed by atoms with Crippen LogP contribution in [0.5, 0.6) is 0 Å². The van der Waals surface area contributed by atoms with Crippen molar-refractivity contribution in [2.75, 3.05) is 0 Å². The Morgan fingerprint density at radius 2 is 1.40 bits per heavy atom. The molecule has 86 valence electrons. The molecule has 0 aromatic rings. The Morgan fingerprint density at radius 3 is 1.60 bits per heavy atom. The third-order valence-corrected chi connectivity index (χ3v) is 2.45. The van der Waals surface area contributed by atoms with Crippen LogP contribution < -0.4 is 0 Å². The maximum atomic E-state index is 12.4. The average Bonchev–Trinajstić information content (AvgIpc) is 2.01. The SMILES string of the molecule is C=CCC(CC=C)(CC=C)OP(=O)(F)F. The van der Waals surface area contributed by atoms with Crippen molar-refractivity contribution in [2.24, 2.45) is 0 Å². The standard InChI is InChI=1S/C10H15F2O2P/c1-4-7-10(8-5-2,9-6-3)14-15(11,12)13/h4-6H,1-3,7-9H2. The lowest BCUT2D eigenvalue weighted by molar-refractivity contribution is 0.0605. The zero-order valence-corrected chi connectivity index (χ0v) is 9.39. The highest BCUT2D eigenvalue weighted by Gasteiger charge is 2.37. The Kier molecular flexibility index (Phi) is 5.69. The minimum absolute atomic E-state index is 0.170. The molecule has 0 rings (SSSR count). The zero-order chi connectivity index (χ0) is 11.9. The van der Waals surface area contributed by atoms with Gasteiger partial charge in [0.1, 0.15) is 0 Å². The molecule has 0 saturated carbocycles. The van der Waals surface area contributed by atoms with Crippen LogP contribution >= 0.6 is 7.99 Å². The molecule has 0 heterocycles. The predicted molar refractivity (Wildman–Crippen MR) is 58.1 cm³/mol. The van der Waals surface area contributed by atoms with E-state index in [2.05, 4.69) is 24.3 Å². The Morgan fingerprint density at radius 1 is 1.07 bits per heavy atom. The second-order valence-corrected chi connectivity index (χ2v) is 4.18. The van der Waals surface area contributed by atoms with Gasteiger partial charge < -0.3 is 0 Å². The van der Waals surface area contributed by atoms with E-state index >= 15 is 0 Å². The van der Waals surface area contributed by atoms with Crippen LogP contribution in [0.15, 0.2) is 38.0 Å². The molecule has 0 aromatic heterocycles. The molecule has 0 saturated heterocycles. The van der Waals surface area contributed by atoms with Gasteiger partial charge in [-0.15, -0.1) is 28.1 Å². The Balaban J connectivity index is 4.90. The smallest absolute Gasteiger partial charge is 0.273 e. The normalized spacial score (nSPS) is 12.1. The molecule has 0 spiro atoms. The highest BCUT2D eigenvalue weighted by Crippen LogP contribution is 2.55. The van der Waals surface area contributed by atoms with E-state index in [4.69, 9.17) is 0 Å². The summed E-state index contributed by atoms with van der Waals surface area (Å²) >= 11 is 0. The highest BCUT2D eigenvalue weighted by atomic mass is 31.2. The molecular formula is C10H15F2O2P. The van der Waals surface area contributed by atoms with E-state index in [0.29, 0.717) is 0 Å². The summed E-state index contributed by atoms with van der Waals surface area (Å²) in [6, 6.07) is 0. The largest absolute Gasteiger partial charge is 0.552 e. The lowest BCUT2D eigenvalue weighted by atomic mass is 9.92. The second kappa shape index (κ2) is 5.99. The topological polar surface area (TPSA) is 26.3 Å². The molecule has 0 aliphatic rings. The van der Waals surface area contributed by atoms with Gasteiger partial charge in [0.15, 0.2) is 0 Å². The number of rotatable bonds is 8. The fraction of sp³-hybridized carbons (Fsp3) is 0.400. The van der Waals surface area contributed by atoms with Crippen molar-refractivity contribution < 1.29 is 17.5 Å². The van der Waals surface area contributed by atoms with E-state index in [1.54, 1.807) is 0 Å². The molecule has 0 unspecified atom stereocenters. The first-order valence-corrected chi connectivity index (χ1v) is 5.82. The van der Waals surface area contributed by atoms with Crippen LogP contribution in [0.4, 0.5) is 8.39 Å². The summed E-state index contributed by atoms with van der Waals surface area (Å²) in [5.74, 6) is 0.